The molecule has 3 nitrogen and oxygen atoms in total. The van der Waals surface area contributed by atoms with E-state index >= 15 is 0 Å². The molecule has 0 radical (unpaired) electrons. The zero-order chi connectivity index (χ0) is 14.0. The van der Waals surface area contributed by atoms with Gasteiger partial charge in [-0.15, -0.1) is 0 Å². The maximum absolute atomic E-state index is 11.9. The van der Waals surface area contributed by atoms with Gasteiger partial charge in [0.2, 0.25) is 0 Å². The highest BCUT2D eigenvalue weighted by Crippen LogP contribution is 2.21. The van der Waals surface area contributed by atoms with E-state index in [2.05, 4.69) is 13.8 Å². The van der Waals surface area contributed by atoms with E-state index in [4.69, 9.17) is 4.18 Å². The summed E-state index contributed by atoms with van der Waals surface area (Å²) in [6.07, 6.45) is 0. The fraction of sp³-hybridized carbons (Fsp3) is 0.571. The summed E-state index contributed by atoms with van der Waals surface area (Å²) in [5.74, 6) is 0.386. The molecule has 0 fully saturated rings. The molecule has 0 spiro atoms. The fourth-order valence-electron chi connectivity index (χ4n) is 1.34. The van der Waals surface area contributed by atoms with Crippen LogP contribution in [0.25, 0.3) is 0 Å². The van der Waals surface area contributed by atoms with Gasteiger partial charge in [-0.3, -0.25) is 4.18 Å². The van der Waals surface area contributed by atoms with Crippen LogP contribution in [0.1, 0.15) is 46.1 Å². The predicted octanol–water partition coefficient (Wildman–Crippen LogP) is 3.56. The molecule has 0 amide bonds. The highest BCUT2D eigenvalue weighted by molar-refractivity contribution is 7.86. The maximum Gasteiger partial charge on any atom is 0.296 e. The Hall–Kier alpha value is -0.870. The van der Waals surface area contributed by atoms with Crippen molar-refractivity contribution in [3.8, 4) is 0 Å². The Balaban J connectivity index is 2.86. The van der Waals surface area contributed by atoms with Crippen molar-refractivity contribution < 1.29 is 12.6 Å². The molecule has 102 valence electrons. The van der Waals surface area contributed by atoms with Gasteiger partial charge in [-0.2, -0.15) is 8.42 Å². The Morgan fingerprint density at radius 1 is 1.11 bits per heavy atom. The fourth-order valence-corrected chi connectivity index (χ4v) is 2.46. The minimum Gasteiger partial charge on any atom is -0.266 e. The molecule has 0 aliphatic heterocycles. The summed E-state index contributed by atoms with van der Waals surface area (Å²) in [7, 11) is -3.64. The summed E-state index contributed by atoms with van der Waals surface area (Å²) in [4.78, 5) is 0.219. The first kappa shape index (κ1) is 15.2. The van der Waals surface area contributed by atoms with E-state index in [1.54, 1.807) is 12.1 Å². The van der Waals surface area contributed by atoms with Gasteiger partial charge < -0.3 is 0 Å². The lowest BCUT2D eigenvalue weighted by Crippen LogP contribution is -2.18. The lowest BCUT2D eigenvalue weighted by atomic mass is 9.99. The van der Waals surface area contributed by atoms with Crippen molar-refractivity contribution in [3.63, 3.8) is 0 Å². The molecule has 0 saturated carbocycles. The summed E-state index contributed by atoms with van der Waals surface area (Å²) in [5.41, 5.74) is 0.940. The molecule has 0 bridgehead atoms. The topological polar surface area (TPSA) is 43.4 Å². The molecule has 4 heteroatoms. The maximum atomic E-state index is 11.9. The van der Waals surface area contributed by atoms with Gasteiger partial charge in [0.1, 0.15) is 0 Å². The van der Waals surface area contributed by atoms with Gasteiger partial charge in [0.25, 0.3) is 10.1 Å². The molecule has 1 aromatic rings. The molecule has 0 unspecified atom stereocenters. The first-order valence-corrected chi connectivity index (χ1v) is 7.52. The third-order valence-electron chi connectivity index (χ3n) is 2.48. The molecular weight excluding hydrogens is 248 g/mol. The van der Waals surface area contributed by atoms with Crippen LogP contribution >= 0.6 is 0 Å². The van der Waals surface area contributed by atoms with Crippen LogP contribution in [0.3, 0.4) is 0 Å². The van der Waals surface area contributed by atoms with Crippen molar-refractivity contribution in [1.29, 1.82) is 0 Å². The third-order valence-corrected chi connectivity index (χ3v) is 3.76. The quantitative estimate of drug-likeness (QED) is 0.786. The lowest BCUT2D eigenvalue weighted by molar-refractivity contribution is 0.203. The zero-order valence-electron chi connectivity index (χ0n) is 11.7. The van der Waals surface area contributed by atoms with Crippen molar-refractivity contribution in [2.24, 2.45) is 5.41 Å². The monoisotopic (exact) mass is 270 g/mol. The highest BCUT2D eigenvalue weighted by Gasteiger charge is 2.20. The van der Waals surface area contributed by atoms with Gasteiger partial charge in [0, 0.05) is 0 Å². The normalized spacial score (nSPS) is 13.0. The van der Waals surface area contributed by atoms with E-state index in [1.165, 1.54) is 0 Å². The molecule has 18 heavy (non-hydrogen) atoms. The van der Waals surface area contributed by atoms with Gasteiger partial charge in [-0.25, -0.2) is 0 Å². The van der Waals surface area contributed by atoms with E-state index < -0.39 is 10.1 Å². The van der Waals surface area contributed by atoms with Crippen molar-refractivity contribution in [2.75, 3.05) is 6.61 Å². The minimum absolute atomic E-state index is 0.176. The van der Waals surface area contributed by atoms with Gasteiger partial charge in [0.05, 0.1) is 11.5 Å². The summed E-state index contributed by atoms with van der Waals surface area (Å²) in [6.45, 7) is 10.1. The number of hydrogen-bond acceptors (Lipinski definition) is 3. The second kappa shape index (κ2) is 5.41. The van der Waals surface area contributed by atoms with Crippen LogP contribution in [0.5, 0.6) is 0 Å². The Labute approximate surface area is 110 Å². The van der Waals surface area contributed by atoms with Crippen molar-refractivity contribution in [1.82, 2.24) is 0 Å². The number of hydrogen-bond donors (Lipinski definition) is 0. The molecular formula is C14H22O3S. The molecule has 0 atom stereocenters. The molecule has 1 rings (SSSR count). The first-order valence-electron chi connectivity index (χ1n) is 6.11. The molecule has 0 aliphatic carbocycles. The van der Waals surface area contributed by atoms with E-state index in [1.807, 2.05) is 32.9 Å². The Kier molecular flexibility index (Phi) is 4.56. The second-order valence-corrected chi connectivity index (χ2v) is 7.62. The first-order chi connectivity index (χ1) is 8.12. The SMILES string of the molecule is CC(C)c1ccc(S(=O)(=O)OCC(C)(C)C)cc1. The average molecular weight is 270 g/mol. The Morgan fingerprint density at radius 3 is 2.00 bits per heavy atom. The zero-order valence-corrected chi connectivity index (χ0v) is 12.5. The smallest absolute Gasteiger partial charge is 0.266 e. The summed E-state index contributed by atoms with van der Waals surface area (Å²) in [6, 6.07) is 6.87. The van der Waals surface area contributed by atoms with E-state index in [9.17, 15) is 8.42 Å². The van der Waals surface area contributed by atoms with Crippen LogP contribution in [0.15, 0.2) is 29.2 Å². The summed E-state index contributed by atoms with van der Waals surface area (Å²) < 4.78 is 28.9. The van der Waals surface area contributed by atoms with Gasteiger partial charge in [0.15, 0.2) is 0 Å². The van der Waals surface area contributed by atoms with Crippen LogP contribution < -0.4 is 0 Å². The standard InChI is InChI=1S/C14H22O3S/c1-11(2)12-6-8-13(9-7-12)18(15,16)17-10-14(3,4)5/h6-9,11H,10H2,1-5H3. The van der Waals surface area contributed by atoms with Crippen molar-refractivity contribution in [2.45, 2.75) is 45.4 Å². The molecule has 0 aliphatic rings. The summed E-state index contributed by atoms with van der Waals surface area (Å²) >= 11 is 0. The predicted molar refractivity (Wildman–Crippen MR) is 73.1 cm³/mol. The highest BCUT2D eigenvalue weighted by atomic mass is 32.2. The van der Waals surface area contributed by atoms with Crippen LogP contribution in [0, 0.1) is 5.41 Å². The molecule has 1 aromatic carbocycles. The number of rotatable bonds is 4. The van der Waals surface area contributed by atoms with E-state index in [0.29, 0.717) is 5.92 Å². The molecule has 0 saturated heterocycles. The number of benzene rings is 1. The molecule has 0 heterocycles. The van der Waals surface area contributed by atoms with Gasteiger partial charge in [-0.05, 0) is 29.0 Å². The van der Waals surface area contributed by atoms with Crippen LogP contribution in [-0.4, -0.2) is 15.0 Å². The van der Waals surface area contributed by atoms with E-state index in [0.717, 1.165) is 5.56 Å². The van der Waals surface area contributed by atoms with Gasteiger partial charge in [-0.1, -0.05) is 46.8 Å². The Bertz CT molecular complexity index is 479. The Morgan fingerprint density at radius 2 is 1.61 bits per heavy atom. The summed E-state index contributed by atoms with van der Waals surface area (Å²) in [5, 5.41) is 0. The lowest BCUT2D eigenvalue weighted by Gasteiger charge is -2.17. The van der Waals surface area contributed by atoms with Crippen LogP contribution in [0.4, 0.5) is 0 Å². The largest absolute Gasteiger partial charge is 0.296 e. The van der Waals surface area contributed by atoms with Crippen molar-refractivity contribution >= 4 is 10.1 Å². The minimum atomic E-state index is -3.64. The van der Waals surface area contributed by atoms with Crippen LogP contribution in [-0.2, 0) is 14.3 Å². The second-order valence-electron chi connectivity index (χ2n) is 6.00. The molecule has 0 N–H and O–H groups in total. The van der Waals surface area contributed by atoms with Crippen LogP contribution in [0.2, 0.25) is 0 Å². The van der Waals surface area contributed by atoms with E-state index in [-0.39, 0.29) is 16.9 Å². The van der Waals surface area contributed by atoms with Crippen molar-refractivity contribution in [3.05, 3.63) is 29.8 Å². The molecule has 0 aromatic heterocycles. The van der Waals surface area contributed by atoms with Gasteiger partial charge >= 0.3 is 0 Å². The average Bonchev–Trinajstić information content (AvgIpc) is 2.26. The third kappa shape index (κ3) is 4.42.